The quantitative estimate of drug-likeness (QED) is 0.623. The van der Waals surface area contributed by atoms with Crippen LogP contribution < -0.4 is 5.32 Å². The molecular formula is C16H30N2O2. The molecule has 0 radical (unpaired) electrons. The van der Waals surface area contributed by atoms with Gasteiger partial charge in [-0.1, -0.05) is 0 Å². The Labute approximate surface area is 123 Å². The van der Waals surface area contributed by atoms with Crippen LogP contribution in [0.4, 0.5) is 0 Å². The summed E-state index contributed by atoms with van der Waals surface area (Å²) in [4.78, 5) is 14.4. The number of carbonyl (C=O) groups is 1. The molecule has 0 aromatic rings. The maximum Gasteiger partial charge on any atom is 0.325 e. The molecule has 4 heteroatoms. The first-order valence-corrected chi connectivity index (χ1v) is 8.07. The van der Waals surface area contributed by atoms with E-state index in [0.717, 1.165) is 31.2 Å². The standard InChI is InChI=1S/C16H30N2O2/c1-16(17-2,15(19)20-3)9-4-10-18(11-13-5-6-13)12-14-7-8-14/h13-14,17H,4-12H2,1-3H3. The molecule has 0 amide bonds. The summed E-state index contributed by atoms with van der Waals surface area (Å²) in [6, 6.07) is 0. The monoisotopic (exact) mass is 282 g/mol. The molecular weight excluding hydrogens is 252 g/mol. The maximum absolute atomic E-state index is 11.8. The van der Waals surface area contributed by atoms with E-state index in [4.69, 9.17) is 4.74 Å². The van der Waals surface area contributed by atoms with Crippen LogP contribution in [-0.2, 0) is 9.53 Å². The molecule has 2 aliphatic carbocycles. The third kappa shape index (κ3) is 4.74. The van der Waals surface area contributed by atoms with Crippen molar-refractivity contribution in [3.8, 4) is 0 Å². The zero-order chi connectivity index (χ0) is 14.6. The van der Waals surface area contributed by atoms with E-state index < -0.39 is 5.54 Å². The van der Waals surface area contributed by atoms with Gasteiger partial charge in [0.15, 0.2) is 0 Å². The van der Waals surface area contributed by atoms with Crippen molar-refractivity contribution in [3.05, 3.63) is 0 Å². The van der Waals surface area contributed by atoms with Crippen LogP contribution in [0.3, 0.4) is 0 Å². The number of ether oxygens (including phenoxy) is 1. The molecule has 2 fully saturated rings. The Balaban J connectivity index is 1.73. The second kappa shape index (κ2) is 6.90. The second-order valence-electron chi connectivity index (χ2n) is 6.82. The second-order valence-corrected chi connectivity index (χ2v) is 6.82. The summed E-state index contributed by atoms with van der Waals surface area (Å²) in [6.07, 6.45) is 7.54. The lowest BCUT2D eigenvalue weighted by molar-refractivity contribution is -0.148. The zero-order valence-corrected chi connectivity index (χ0v) is 13.3. The molecule has 2 aliphatic rings. The van der Waals surface area contributed by atoms with Crippen LogP contribution in [-0.4, -0.2) is 50.2 Å². The first-order chi connectivity index (χ1) is 9.57. The number of rotatable bonds is 10. The van der Waals surface area contributed by atoms with E-state index in [2.05, 4.69) is 10.2 Å². The minimum absolute atomic E-state index is 0.157. The average molecular weight is 282 g/mol. The van der Waals surface area contributed by atoms with E-state index in [1.54, 1.807) is 0 Å². The summed E-state index contributed by atoms with van der Waals surface area (Å²) in [5.41, 5.74) is -0.542. The number of methoxy groups -OCH3 is 1. The summed E-state index contributed by atoms with van der Waals surface area (Å²) in [5.74, 6) is 1.74. The molecule has 1 unspecified atom stereocenters. The molecule has 2 saturated carbocycles. The lowest BCUT2D eigenvalue weighted by Crippen LogP contribution is -2.48. The highest BCUT2D eigenvalue weighted by Gasteiger charge is 2.33. The van der Waals surface area contributed by atoms with Crippen LogP contribution in [0.2, 0.25) is 0 Å². The van der Waals surface area contributed by atoms with Crippen molar-refractivity contribution in [2.75, 3.05) is 33.8 Å². The van der Waals surface area contributed by atoms with Crippen LogP contribution in [0.1, 0.15) is 45.4 Å². The van der Waals surface area contributed by atoms with Gasteiger partial charge in [-0.3, -0.25) is 4.79 Å². The first kappa shape index (κ1) is 15.8. The predicted octanol–water partition coefficient (Wildman–Crippen LogP) is 2.04. The number of likely N-dealkylation sites (N-methyl/N-ethyl adjacent to an activating group) is 1. The van der Waals surface area contributed by atoms with Crippen LogP contribution in [0.5, 0.6) is 0 Å². The fraction of sp³-hybridized carbons (Fsp3) is 0.938. The van der Waals surface area contributed by atoms with E-state index in [-0.39, 0.29) is 5.97 Å². The SMILES string of the molecule is CNC(C)(CCCN(CC1CC1)CC1CC1)C(=O)OC. The Hall–Kier alpha value is -0.610. The summed E-state index contributed by atoms with van der Waals surface area (Å²) in [6.45, 7) is 5.59. The van der Waals surface area contributed by atoms with E-state index >= 15 is 0 Å². The number of esters is 1. The van der Waals surface area contributed by atoms with Gasteiger partial charge in [-0.25, -0.2) is 0 Å². The highest BCUT2D eigenvalue weighted by atomic mass is 16.5. The summed E-state index contributed by atoms with van der Waals surface area (Å²) < 4.78 is 4.90. The van der Waals surface area contributed by atoms with Crippen molar-refractivity contribution in [2.45, 2.75) is 51.0 Å². The van der Waals surface area contributed by atoms with Crippen molar-refractivity contribution in [1.82, 2.24) is 10.2 Å². The van der Waals surface area contributed by atoms with Gasteiger partial charge in [-0.15, -0.1) is 0 Å². The molecule has 0 aromatic heterocycles. The molecule has 20 heavy (non-hydrogen) atoms. The Kier molecular flexibility index (Phi) is 5.44. The van der Waals surface area contributed by atoms with Gasteiger partial charge in [0.2, 0.25) is 0 Å². The van der Waals surface area contributed by atoms with Gasteiger partial charge in [0, 0.05) is 13.1 Å². The van der Waals surface area contributed by atoms with Gasteiger partial charge in [0.05, 0.1) is 7.11 Å². The molecule has 0 saturated heterocycles. The molecule has 0 aliphatic heterocycles. The Morgan fingerprint density at radius 2 is 1.80 bits per heavy atom. The van der Waals surface area contributed by atoms with Crippen LogP contribution >= 0.6 is 0 Å². The minimum Gasteiger partial charge on any atom is -0.468 e. The fourth-order valence-corrected chi connectivity index (χ4v) is 2.80. The molecule has 0 bridgehead atoms. The van der Waals surface area contributed by atoms with Crippen molar-refractivity contribution in [3.63, 3.8) is 0 Å². The highest BCUT2D eigenvalue weighted by Crippen LogP contribution is 2.33. The summed E-state index contributed by atoms with van der Waals surface area (Å²) in [7, 11) is 3.30. The zero-order valence-electron chi connectivity index (χ0n) is 13.3. The van der Waals surface area contributed by atoms with Crippen molar-refractivity contribution >= 4 is 5.97 Å². The Morgan fingerprint density at radius 1 is 1.25 bits per heavy atom. The van der Waals surface area contributed by atoms with Gasteiger partial charge in [0.25, 0.3) is 0 Å². The van der Waals surface area contributed by atoms with E-state index in [1.807, 2.05) is 14.0 Å². The summed E-state index contributed by atoms with van der Waals surface area (Å²) >= 11 is 0. The number of hydrogen-bond donors (Lipinski definition) is 1. The van der Waals surface area contributed by atoms with Crippen molar-refractivity contribution in [1.29, 1.82) is 0 Å². The fourth-order valence-electron chi connectivity index (χ4n) is 2.80. The molecule has 116 valence electrons. The number of carbonyl (C=O) groups excluding carboxylic acids is 1. The average Bonchev–Trinajstić information content (AvgIpc) is 3.33. The van der Waals surface area contributed by atoms with Crippen molar-refractivity contribution in [2.24, 2.45) is 11.8 Å². The summed E-state index contributed by atoms with van der Waals surface area (Å²) in [5, 5.41) is 3.12. The molecule has 0 spiro atoms. The van der Waals surface area contributed by atoms with Gasteiger partial charge in [-0.2, -0.15) is 0 Å². The number of nitrogens with one attached hydrogen (secondary N) is 1. The number of hydrogen-bond acceptors (Lipinski definition) is 4. The largest absolute Gasteiger partial charge is 0.468 e. The third-order valence-electron chi connectivity index (χ3n) is 4.77. The molecule has 1 atom stereocenters. The molecule has 1 N–H and O–H groups in total. The van der Waals surface area contributed by atoms with E-state index in [9.17, 15) is 4.79 Å². The lowest BCUT2D eigenvalue weighted by Gasteiger charge is -2.28. The normalized spacial score (nSPS) is 21.8. The van der Waals surface area contributed by atoms with Crippen LogP contribution in [0, 0.1) is 11.8 Å². The maximum atomic E-state index is 11.8. The Morgan fingerprint density at radius 3 is 2.20 bits per heavy atom. The van der Waals surface area contributed by atoms with Crippen LogP contribution in [0.25, 0.3) is 0 Å². The predicted molar refractivity (Wildman–Crippen MR) is 80.6 cm³/mol. The first-order valence-electron chi connectivity index (χ1n) is 8.07. The van der Waals surface area contributed by atoms with Gasteiger partial charge < -0.3 is 15.0 Å². The third-order valence-corrected chi connectivity index (χ3v) is 4.77. The minimum atomic E-state index is -0.542. The van der Waals surface area contributed by atoms with Crippen molar-refractivity contribution < 1.29 is 9.53 Å². The molecule has 0 aromatic carbocycles. The topological polar surface area (TPSA) is 41.6 Å². The van der Waals surface area contributed by atoms with Gasteiger partial charge in [-0.05, 0) is 70.9 Å². The van der Waals surface area contributed by atoms with E-state index in [0.29, 0.717) is 0 Å². The highest BCUT2D eigenvalue weighted by molar-refractivity contribution is 5.80. The van der Waals surface area contributed by atoms with E-state index in [1.165, 1.54) is 45.9 Å². The Bertz CT molecular complexity index is 312. The van der Waals surface area contributed by atoms with Gasteiger partial charge >= 0.3 is 5.97 Å². The molecule has 2 rings (SSSR count). The number of nitrogens with zero attached hydrogens (tertiary/aromatic N) is 1. The lowest BCUT2D eigenvalue weighted by atomic mass is 9.96. The molecule has 0 heterocycles. The van der Waals surface area contributed by atoms with Crippen LogP contribution in [0.15, 0.2) is 0 Å². The van der Waals surface area contributed by atoms with Gasteiger partial charge in [0.1, 0.15) is 5.54 Å². The smallest absolute Gasteiger partial charge is 0.325 e. The molecule has 4 nitrogen and oxygen atoms in total.